The summed E-state index contributed by atoms with van der Waals surface area (Å²) >= 11 is 3.34. The fraction of sp³-hybridized carbons (Fsp3) is 0.500. The van der Waals surface area contributed by atoms with Crippen molar-refractivity contribution >= 4 is 33.4 Å². The van der Waals surface area contributed by atoms with Gasteiger partial charge >= 0.3 is 11.8 Å². The minimum Gasteiger partial charge on any atom is -0.334 e. The van der Waals surface area contributed by atoms with Gasteiger partial charge in [-0.2, -0.15) is 0 Å². The van der Waals surface area contributed by atoms with Gasteiger partial charge in [-0.25, -0.2) is 0 Å². The molecule has 1 N–H and O–H groups in total. The van der Waals surface area contributed by atoms with Crippen LogP contribution in [0.2, 0.25) is 0 Å². The molecule has 0 fully saturated rings. The SMILES string of the molecule is CC(C)CN(CC(C)C)C(=O)C(=O)Nc1cccc(Br)c1. The normalized spacial score (nSPS) is 10.8. The van der Waals surface area contributed by atoms with Crippen LogP contribution in [0.15, 0.2) is 28.7 Å². The second-order valence-electron chi connectivity index (χ2n) is 5.96. The van der Waals surface area contributed by atoms with Crippen LogP contribution in [0.1, 0.15) is 27.7 Å². The molecule has 0 atom stereocenters. The van der Waals surface area contributed by atoms with Crippen molar-refractivity contribution in [1.82, 2.24) is 4.90 Å². The third kappa shape index (κ3) is 6.29. The minimum atomic E-state index is -0.589. The van der Waals surface area contributed by atoms with Crippen LogP contribution in [0.3, 0.4) is 0 Å². The first-order valence-corrected chi connectivity index (χ1v) is 7.94. The Bertz CT molecular complexity index is 491. The number of halogens is 1. The van der Waals surface area contributed by atoms with Gasteiger partial charge in [-0.3, -0.25) is 9.59 Å². The summed E-state index contributed by atoms with van der Waals surface area (Å²) in [5, 5.41) is 2.65. The zero-order chi connectivity index (χ0) is 16.0. The fourth-order valence-corrected chi connectivity index (χ4v) is 2.42. The number of anilines is 1. The molecule has 1 aromatic carbocycles. The highest BCUT2D eigenvalue weighted by Gasteiger charge is 2.23. The van der Waals surface area contributed by atoms with Gasteiger partial charge in [0.15, 0.2) is 0 Å². The van der Waals surface area contributed by atoms with Crippen molar-refractivity contribution in [3.8, 4) is 0 Å². The standard InChI is InChI=1S/C16H23BrN2O2/c1-11(2)9-19(10-12(3)4)16(21)15(20)18-14-7-5-6-13(17)8-14/h5-8,11-12H,9-10H2,1-4H3,(H,18,20). The smallest absolute Gasteiger partial charge is 0.313 e. The molecule has 0 saturated carbocycles. The Balaban J connectivity index is 2.75. The highest BCUT2D eigenvalue weighted by atomic mass is 79.9. The molecule has 0 aromatic heterocycles. The summed E-state index contributed by atoms with van der Waals surface area (Å²) in [6.07, 6.45) is 0. The number of rotatable bonds is 5. The highest BCUT2D eigenvalue weighted by molar-refractivity contribution is 9.10. The van der Waals surface area contributed by atoms with Gasteiger partial charge < -0.3 is 10.2 Å². The third-order valence-corrected chi connectivity index (χ3v) is 3.23. The maximum atomic E-state index is 12.3. The van der Waals surface area contributed by atoms with Crippen LogP contribution in [0.4, 0.5) is 5.69 Å². The number of nitrogens with zero attached hydrogens (tertiary/aromatic N) is 1. The number of hydrogen-bond donors (Lipinski definition) is 1. The molecule has 1 aromatic rings. The Morgan fingerprint density at radius 2 is 1.71 bits per heavy atom. The first kappa shape index (κ1) is 17.7. The van der Waals surface area contributed by atoms with Crippen molar-refractivity contribution in [2.45, 2.75) is 27.7 Å². The lowest BCUT2D eigenvalue weighted by atomic mass is 10.1. The van der Waals surface area contributed by atoms with Crippen molar-refractivity contribution in [2.75, 3.05) is 18.4 Å². The van der Waals surface area contributed by atoms with Crippen molar-refractivity contribution in [2.24, 2.45) is 11.8 Å². The van der Waals surface area contributed by atoms with E-state index in [-0.39, 0.29) is 0 Å². The third-order valence-electron chi connectivity index (χ3n) is 2.74. The highest BCUT2D eigenvalue weighted by Crippen LogP contribution is 2.16. The van der Waals surface area contributed by atoms with Crippen molar-refractivity contribution in [3.63, 3.8) is 0 Å². The molecule has 0 heterocycles. The summed E-state index contributed by atoms with van der Waals surface area (Å²) in [7, 11) is 0. The van der Waals surface area contributed by atoms with Crippen LogP contribution in [0.5, 0.6) is 0 Å². The van der Waals surface area contributed by atoms with E-state index in [1.54, 1.807) is 17.0 Å². The van der Waals surface area contributed by atoms with Crippen LogP contribution in [0, 0.1) is 11.8 Å². The maximum Gasteiger partial charge on any atom is 0.313 e. The Hall–Kier alpha value is -1.36. The summed E-state index contributed by atoms with van der Waals surface area (Å²) in [5.41, 5.74) is 0.608. The molecular weight excluding hydrogens is 332 g/mol. The van der Waals surface area contributed by atoms with E-state index in [1.165, 1.54) is 0 Å². The number of hydrogen-bond acceptors (Lipinski definition) is 2. The molecule has 0 saturated heterocycles. The molecule has 116 valence electrons. The van der Waals surface area contributed by atoms with Crippen LogP contribution < -0.4 is 5.32 Å². The van der Waals surface area contributed by atoms with Gasteiger partial charge in [-0.05, 0) is 30.0 Å². The monoisotopic (exact) mass is 354 g/mol. The van der Waals surface area contributed by atoms with Gasteiger partial charge in [0.2, 0.25) is 0 Å². The lowest BCUT2D eigenvalue weighted by molar-refractivity contribution is -0.143. The quantitative estimate of drug-likeness (QED) is 0.822. The average Bonchev–Trinajstić information content (AvgIpc) is 2.35. The average molecular weight is 355 g/mol. The molecule has 0 aliphatic rings. The molecule has 0 bridgehead atoms. The molecule has 0 aliphatic carbocycles. The molecule has 2 amide bonds. The molecular formula is C16H23BrN2O2. The molecule has 1 rings (SSSR count). The largest absolute Gasteiger partial charge is 0.334 e. The van der Waals surface area contributed by atoms with Gasteiger partial charge in [-0.1, -0.05) is 49.7 Å². The van der Waals surface area contributed by atoms with E-state index in [9.17, 15) is 9.59 Å². The fourth-order valence-electron chi connectivity index (χ4n) is 2.02. The molecule has 0 unspecified atom stereocenters. The number of nitrogens with one attached hydrogen (secondary N) is 1. The molecule has 0 spiro atoms. The van der Waals surface area contributed by atoms with Crippen molar-refractivity contribution in [1.29, 1.82) is 0 Å². The molecule has 0 radical (unpaired) electrons. The number of amides is 2. The Labute approximate surface area is 135 Å². The van der Waals surface area contributed by atoms with Crippen LogP contribution >= 0.6 is 15.9 Å². The van der Waals surface area contributed by atoms with Crippen LogP contribution in [0.25, 0.3) is 0 Å². The molecule has 0 aliphatic heterocycles. The van der Waals surface area contributed by atoms with Gasteiger partial charge in [0.1, 0.15) is 0 Å². The molecule has 4 nitrogen and oxygen atoms in total. The van der Waals surface area contributed by atoms with E-state index >= 15 is 0 Å². The van der Waals surface area contributed by atoms with E-state index in [4.69, 9.17) is 0 Å². The number of benzene rings is 1. The second-order valence-corrected chi connectivity index (χ2v) is 6.88. The topological polar surface area (TPSA) is 49.4 Å². The summed E-state index contributed by atoms with van der Waals surface area (Å²) in [6, 6.07) is 7.19. The number of carbonyl (C=O) groups is 2. The lowest BCUT2D eigenvalue weighted by Crippen LogP contribution is -2.43. The summed E-state index contributed by atoms with van der Waals surface area (Å²) in [4.78, 5) is 26.0. The first-order valence-electron chi connectivity index (χ1n) is 7.15. The zero-order valence-corrected chi connectivity index (χ0v) is 14.6. The van der Waals surface area contributed by atoms with E-state index in [2.05, 4.69) is 21.2 Å². The van der Waals surface area contributed by atoms with Crippen LogP contribution in [-0.2, 0) is 9.59 Å². The first-order chi connectivity index (χ1) is 9.79. The van der Waals surface area contributed by atoms with E-state index in [0.29, 0.717) is 30.6 Å². The van der Waals surface area contributed by atoms with Gasteiger partial charge in [0.25, 0.3) is 0 Å². The van der Waals surface area contributed by atoms with Gasteiger partial charge in [-0.15, -0.1) is 0 Å². The van der Waals surface area contributed by atoms with E-state index in [1.807, 2.05) is 39.8 Å². The minimum absolute atomic E-state index is 0.325. The summed E-state index contributed by atoms with van der Waals surface area (Å²) < 4.78 is 0.856. The zero-order valence-electron chi connectivity index (χ0n) is 13.0. The summed E-state index contributed by atoms with van der Waals surface area (Å²) in [5.74, 6) is -0.412. The molecule has 21 heavy (non-hydrogen) atoms. The van der Waals surface area contributed by atoms with E-state index in [0.717, 1.165) is 4.47 Å². The van der Waals surface area contributed by atoms with Crippen LogP contribution in [-0.4, -0.2) is 29.8 Å². The van der Waals surface area contributed by atoms with Crippen molar-refractivity contribution in [3.05, 3.63) is 28.7 Å². The maximum absolute atomic E-state index is 12.3. The Morgan fingerprint density at radius 3 is 2.19 bits per heavy atom. The number of carbonyl (C=O) groups excluding carboxylic acids is 2. The molecule has 5 heteroatoms. The Kier molecular flexibility index (Phi) is 6.89. The van der Waals surface area contributed by atoms with Gasteiger partial charge in [0.05, 0.1) is 0 Å². The predicted octanol–water partition coefficient (Wildman–Crippen LogP) is 3.53. The van der Waals surface area contributed by atoms with E-state index < -0.39 is 11.8 Å². The lowest BCUT2D eigenvalue weighted by Gasteiger charge is -2.25. The predicted molar refractivity (Wildman–Crippen MR) is 89.0 cm³/mol. The van der Waals surface area contributed by atoms with Crippen molar-refractivity contribution < 1.29 is 9.59 Å². The Morgan fingerprint density at radius 1 is 1.14 bits per heavy atom. The summed E-state index contributed by atoms with van der Waals surface area (Å²) in [6.45, 7) is 9.31. The van der Waals surface area contributed by atoms with Gasteiger partial charge in [0, 0.05) is 23.2 Å². The second kappa shape index (κ2) is 8.17.